The van der Waals surface area contributed by atoms with Gasteiger partial charge < -0.3 is 20.4 Å². The molecule has 2 saturated heterocycles. The monoisotopic (exact) mass is 586 g/mol. The Hall–Kier alpha value is -2.83. The fraction of sp³-hybridized carbons (Fsp3) is 0.464. The molecule has 5 heterocycles. The molecule has 1 amide bonds. The molecule has 1 saturated carbocycles. The highest BCUT2D eigenvalue weighted by Gasteiger charge is 2.40. The van der Waals surface area contributed by atoms with Gasteiger partial charge in [-0.2, -0.15) is 13.2 Å². The number of amides is 1. The average Bonchev–Trinajstić information content (AvgIpc) is 3.37. The maximum Gasteiger partial charge on any atom is 0.420 e. The van der Waals surface area contributed by atoms with Gasteiger partial charge in [-0.15, -0.1) is 23.1 Å². The molecule has 12 heteroatoms. The van der Waals surface area contributed by atoms with E-state index in [4.69, 9.17) is 0 Å². The summed E-state index contributed by atoms with van der Waals surface area (Å²) in [6.45, 7) is 4.69. The molecule has 3 aromatic rings. The fourth-order valence-corrected chi connectivity index (χ4v) is 8.29. The van der Waals surface area contributed by atoms with Crippen LogP contribution in [-0.4, -0.2) is 64.3 Å². The Bertz CT molecular complexity index is 1470. The number of aryl methyl sites for hydroxylation is 1. The van der Waals surface area contributed by atoms with Gasteiger partial charge in [0.2, 0.25) is 5.95 Å². The molecule has 40 heavy (non-hydrogen) atoms. The molecule has 7 rings (SSSR count). The highest BCUT2D eigenvalue weighted by Crippen LogP contribution is 2.44. The minimum atomic E-state index is -4.63. The van der Waals surface area contributed by atoms with E-state index in [9.17, 15) is 18.0 Å². The largest absolute Gasteiger partial charge is 0.420 e. The number of anilines is 3. The molecule has 3 aliphatic heterocycles. The van der Waals surface area contributed by atoms with E-state index in [0.717, 1.165) is 83.9 Å². The summed E-state index contributed by atoms with van der Waals surface area (Å²) in [6, 6.07) is 9.13. The zero-order chi connectivity index (χ0) is 27.6. The molecule has 7 nitrogen and oxygen atoms in total. The number of carbonyl (C=O) groups is 1. The van der Waals surface area contributed by atoms with E-state index in [1.807, 2.05) is 11.0 Å². The van der Waals surface area contributed by atoms with Gasteiger partial charge in [-0.3, -0.25) is 4.79 Å². The van der Waals surface area contributed by atoms with Gasteiger partial charge in [-0.1, -0.05) is 6.92 Å². The van der Waals surface area contributed by atoms with Crippen LogP contribution in [0.2, 0.25) is 0 Å². The number of carbonyl (C=O) groups excluding carboxylic acids is 1. The van der Waals surface area contributed by atoms with E-state index in [-0.39, 0.29) is 23.6 Å². The van der Waals surface area contributed by atoms with Crippen molar-refractivity contribution >= 4 is 46.3 Å². The van der Waals surface area contributed by atoms with Gasteiger partial charge in [0.1, 0.15) is 10.4 Å². The lowest BCUT2D eigenvalue weighted by Gasteiger charge is -2.30. The lowest BCUT2D eigenvalue weighted by Crippen LogP contribution is -2.43. The highest BCUT2D eigenvalue weighted by atomic mass is 32.2. The van der Waals surface area contributed by atoms with Crippen molar-refractivity contribution in [3.63, 3.8) is 0 Å². The molecule has 2 bridgehead atoms. The van der Waals surface area contributed by atoms with E-state index in [1.54, 1.807) is 6.07 Å². The first kappa shape index (κ1) is 26.1. The third-order valence-corrected chi connectivity index (χ3v) is 10.4. The number of aromatic nitrogens is 2. The molecule has 2 atom stereocenters. The quantitative estimate of drug-likeness (QED) is 0.379. The standard InChI is InChI=1S/C28H29F3N6OS2/c1-2-15-9-18(37-14-16-10-19(37)12-32-16)5-6-21(15)34-27-33-13-20(28(29,30)31)24(35-27)22-11-23-25(40-22)26(38)36(7-8-39-23)17-3-4-17/h5-6,9,11,13,16-17,19,32H,2-4,7-8,10,12,14H2,1H3,(H,33,34,35)/t16-,19-/m1/s1. The Morgan fingerprint density at radius 3 is 2.73 bits per heavy atom. The summed E-state index contributed by atoms with van der Waals surface area (Å²) in [7, 11) is 0. The van der Waals surface area contributed by atoms with Gasteiger partial charge in [-0.25, -0.2) is 9.97 Å². The molecule has 0 unspecified atom stereocenters. The first-order valence-corrected chi connectivity index (χ1v) is 15.5. The van der Waals surface area contributed by atoms with Gasteiger partial charge in [-0.05, 0) is 55.5 Å². The van der Waals surface area contributed by atoms with Crippen molar-refractivity contribution in [2.24, 2.45) is 0 Å². The Labute approximate surface area is 238 Å². The van der Waals surface area contributed by atoms with Gasteiger partial charge in [0, 0.05) is 66.0 Å². The van der Waals surface area contributed by atoms with Crippen molar-refractivity contribution in [2.75, 3.05) is 35.6 Å². The molecule has 1 aliphatic carbocycles. The van der Waals surface area contributed by atoms with Crippen LogP contribution in [0.25, 0.3) is 10.6 Å². The average molecular weight is 587 g/mol. The topological polar surface area (TPSA) is 73.4 Å². The molecule has 0 spiro atoms. The summed E-state index contributed by atoms with van der Waals surface area (Å²) in [5.74, 6) is 0.727. The summed E-state index contributed by atoms with van der Waals surface area (Å²) < 4.78 is 42.3. The van der Waals surface area contributed by atoms with Gasteiger partial charge in [0.15, 0.2) is 0 Å². The number of benzene rings is 1. The Morgan fingerprint density at radius 2 is 2.02 bits per heavy atom. The molecule has 2 N–H and O–H groups in total. The van der Waals surface area contributed by atoms with Crippen LogP contribution in [0.1, 0.15) is 47.0 Å². The van der Waals surface area contributed by atoms with Crippen LogP contribution in [0.4, 0.5) is 30.5 Å². The smallest absolute Gasteiger partial charge is 0.366 e. The SMILES string of the molecule is CCc1cc(N2C[C@H]3C[C@@H]2CN3)ccc1Nc1ncc(C(F)(F)F)c(-c2cc3c(s2)C(=O)N(C2CC2)CCS3)n1. The third kappa shape index (κ3) is 4.73. The normalized spacial score (nSPS) is 22.6. The van der Waals surface area contributed by atoms with Crippen LogP contribution >= 0.6 is 23.1 Å². The minimum Gasteiger partial charge on any atom is -0.366 e. The molecule has 1 aromatic carbocycles. The second-order valence-electron chi connectivity index (χ2n) is 10.8. The van der Waals surface area contributed by atoms with E-state index in [0.29, 0.717) is 28.4 Å². The number of nitrogens with one attached hydrogen (secondary N) is 2. The van der Waals surface area contributed by atoms with Crippen LogP contribution in [-0.2, 0) is 12.6 Å². The van der Waals surface area contributed by atoms with E-state index in [2.05, 4.69) is 44.6 Å². The van der Waals surface area contributed by atoms with E-state index in [1.165, 1.54) is 11.8 Å². The number of thioether (sulfide) groups is 1. The third-order valence-electron chi connectivity index (χ3n) is 8.16. The molecule has 0 radical (unpaired) electrons. The Balaban J connectivity index is 1.21. The predicted molar refractivity (Wildman–Crippen MR) is 152 cm³/mol. The van der Waals surface area contributed by atoms with Crippen molar-refractivity contribution in [1.29, 1.82) is 0 Å². The van der Waals surface area contributed by atoms with Gasteiger partial charge >= 0.3 is 6.18 Å². The van der Waals surface area contributed by atoms with Crippen molar-refractivity contribution in [3.05, 3.63) is 46.5 Å². The molecule has 4 aliphatic rings. The minimum absolute atomic E-state index is 0.0885. The first-order valence-electron chi connectivity index (χ1n) is 13.7. The summed E-state index contributed by atoms with van der Waals surface area (Å²) in [5, 5.41) is 6.70. The molecular formula is C28H29F3N6OS2. The fourth-order valence-electron chi connectivity index (χ4n) is 5.98. The van der Waals surface area contributed by atoms with Crippen molar-refractivity contribution in [3.8, 4) is 10.6 Å². The second-order valence-corrected chi connectivity index (χ2v) is 13.0. The van der Waals surface area contributed by atoms with Crippen molar-refractivity contribution < 1.29 is 18.0 Å². The number of halogens is 3. The number of hydrogen-bond donors (Lipinski definition) is 2. The number of nitrogens with zero attached hydrogens (tertiary/aromatic N) is 4. The van der Waals surface area contributed by atoms with Crippen LogP contribution in [0.3, 0.4) is 0 Å². The summed E-state index contributed by atoms with van der Waals surface area (Å²) in [5.41, 5.74) is 1.86. The van der Waals surface area contributed by atoms with Crippen LogP contribution < -0.4 is 15.5 Å². The first-order chi connectivity index (χ1) is 19.3. The predicted octanol–water partition coefficient (Wildman–Crippen LogP) is 5.79. The maximum absolute atomic E-state index is 14.1. The molecular weight excluding hydrogens is 557 g/mol. The van der Waals surface area contributed by atoms with Crippen molar-refractivity contribution in [2.45, 2.75) is 61.8 Å². The molecule has 3 fully saturated rings. The lowest BCUT2D eigenvalue weighted by atomic mass is 10.1. The van der Waals surface area contributed by atoms with E-state index < -0.39 is 11.7 Å². The maximum atomic E-state index is 14.1. The lowest BCUT2D eigenvalue weighted by molar-refractivity contribution is -0.137. The highest BCUT2D eigenvalue weighted by molar-refractivity contribution is 7.99. The molecule has 2 aromatic heterocycles. The summed E-state index contributed by atoms with van der Waals surface area (Å²) in [4.78, 5) is 27.5. The Morgan fingerprint density at radius 1 is 1.18 bits per heavy atom. The zero-order valence-electron chi connectivity index (χ0n) is 21.9. The van der Waals surface area contributed by atoms with Crippen LogP contribution in [0.5, 0.6) is 0 Å². The van der Waals surface area contributed by atoms with Crippen molar-refractivity contribution in [1.82, 2.24) is 20.2 Å². The number of fused-ring (bicyclic) bond motifs is 3. The van der Waals surface area contributed by atoms with E-state index >= 15 is 0 Å². The number of alkyl halides is 3. The van der Waals surface area contributed by atoms with Gasteiger partial charge in [0.25, 0.3) is 5.91 Å². The molecule has 210 valence electrons. The zero-order valence-corrected chi connectivity index (χ0v) is 23.6. The number of rotatable bonds is 6. The number of hydrogen-bond acceptors (Lipinski definition) is 8. The van der Waals surface area contributed by atoms with Crippen LogP contribution in [0, 0.1) is 0 Å². The number of thiophene rings is 1. The van der Waals surface area contributed by atoms with Gasteiger partial charge in [0.05, 0.1) is 10.6 Å². The summed E-state index contributed by atoms with van der Waals surface area (Å²) >= 11 is 2.61. The second kappa shape index (κ2) is 9.92. The Kier molecular flexibility index (Phi) is 6.47. The number of piperazine rings is 1. The summed E-state index contributed by atoms with van der Waals surface area (Å²) in [6.07, 6.45) is 0.0822. The van der Waals surface area contributed by atoms with Crippen LogP contribution in [0.15, 0.2) is 35.4 Å².